The molecule has 1 saturated heterocycles. The van der Waals surface area contributed by atoms with Crippen molar-refractivity contribution in [3.8, 4) is 5.75 Å². The van der Waals surface area contributed by atoms with Crippen LogP contribution in [-0.2, 0) is 22.5 Å². The number of phenolic OH excluding ortho intramolecular Hbond substituents is 1. The number of fused-ring (bicyclic) bond motifs is 1. The Hall–Kier alpha value is -3.36. The Morgan fingerprint density at radius 1 is 1.12 bits per heavy atom. The highest BCUT2D eigenvalue weighted by Gasteiger charge is 2.14. The third-order valence-electron chi connectivity index (χ3n) is 5.79. The molecule has 1 aromatic heterocycles. The Balaban J connectivity index is 1.40. The Labute approximate surface area is 192 Å². The number of benzene rings is 2. The number of anilines is 2. The Kier molecular flexibility index (Phi) is 6.96. The highest BCUT2D eigenvalue weighted by molar-refractivity contribution is 5.92. The maximum absolute atomic E-state index is 12.6. The lowest BCUT2D eigenvalue weighted by Crippen LogP contribution is -2.36. The van der Waals surface area contributed by atoms with Crippen LogP contribution >= 0.6 is 0 Å². The molecule has 1 amide bonds. The summed E-state index contributed by atoms with van der Waals surface area (Å²) in [7, 11) is 1.82. The molecule has 4 rings (SSSR count). The van der Waals surface area contributed by atoms with Crippen LogP contribution in [0.4, 0.5) is 11.4 Å². The number of carbonyl (C=O) groups excluding carboxylic acids is 1. The molecule has 0 atom stereocenters. The first-order chi connectivity index (χ1) is 15.9. The van der Waals surface area contributed by atoms with Crippen molar-refractivity contribution in [2.45, 2.75) is 19.9 Å². The van der Waals surface area contributed by atoms with Crippen molar-refractivity contribution in [2.75, 3.05) is 50.1 Å². The van der Waals surface area contributed by atoms with Crippen LogP contribution in [0.2, 0.25) is 0 Å². The van der Waals surface area contributed by atoms with Gasteiger partial charge in [0, 0.05) is 48.5 Å². The Morgan fingerprint density at radius 2 is 1.85 bits per heavy atom. The Morgan fingerprint density at radius 3 is 2.55 bits per heavy atom. The summed E-state index contributed by atoms with van der Waals surface area (Å²) in [6.07, 6.45) is 0.656. The van der Waals surface area contributed by atoms with E-state index < -0.39 is 5.63 Å². The molecule has 1 aliphatic heterocycles. The van der Waals surface area contributed by atoms with Crippen LogP contribution in [0.3, 0.4) is 0 Å². The van der Waals surface area contributed by atoms with Gasteiger partial charge in [0.15, 0.2) is 0 Å². The number of hydrogen-bond donors (Lipinski definition) is 2. The van der Waals surface area contributed by atoms with Crippen molar-refractivity contribution in [3.63, 3.8) is 0 Å². The van der Waals surface area contributed by atoms with Crippen LogP contribution in [0.15, 0.2) is 51.7 Å². The number of nitrogens with zero attached hydrogens (tertiary/aromatic N) is 2. The second-order valence-electron chi connectivity index (χ2n) is 8.29. The quantitative estimate of drug-likeness (QED) is 0.533. The normalized spacial score (nSPS) is 14.1. The highest BCUT2D eigenvalue weighted by Crippen LogP contribution is 2.27. The number of nitrogens with one attached hydrogen (secondary N) is 1. The largest absolute Gasteiger partial charge is 0.508 e. The van der Waals surface area contributed by atoms with Crippen molar-refractivity contribution >= 4 is 28.3 Å². The van der Waals surface area contributed by atoms with Gasteiger partial charge in [-0.15, -0.1) is 0 Å². The second-order valence-corrected chi connectivity index (χ2v) is 8.29. The lowest BCUT2D eigenvalue weighted by molar-refractivity contribution is -0.117. The zero-order valence-electron chi connectivity index (χ0n) is 19.0. The number of amides is 1. The van der Waals surface area contributed by atoms with Gasteiger partial charge in [-0.25, -0.2) is 4.79 Å². The van der Waals surface area contributed by atoms with Gasteiger partial charge in [0.2, 0.25) is 5.91 Å². The number of aryl methyl sites for hydroxylation is 1. The fourth-order valence-corrected chi connectivity index (χ4v) is 4.09. The number of hydrogen-bond acceptors (Lipinski definition) is 7. The smallest absolute Gasteiger partial charge is 0.336 e. The van der Waals surface area contributed by atoms with Gasteiger partial charge >= 0.3 is 5.63 Å². The number of ether oxygens (including phenoxy) is 1. The van der Waals surface area contributed by atoms with E-state index in [1.54, 1.807) is 0 Å². The monoisotopic (exact) mass is 451 g/mol. The number of rotatable bonds is 7. The summed E-state index contributed by atoms with van der Waals surface area (Å²) in [5.41, 5.74) is 3.23. The van der Waals surface area contributed by atoms with Crippen molar-refractivity contribution in [2.24, 2.45) is 0 Å². The van der Waals surface area contributed by atoms with Crippen LogP contribution in [0, 0.1) is 0 Å². The Bertz CT molecular complexity index is 1180. The van der Waals surface area contributed by atoms with Gasteiger partial charge < -0.3 is 24.5 Å². The summed E-state index contributed by atoms with van der Waals surface area (Å²) < 4.78 is 10.6. The van der Waals surface area contributed by atoms with E-state index in [1.807, 2.05) is 49.2 Å². The number of morpholine rings is 1. The number of likely N-dealkylation sites (N-methyl/N-ethyl adjacent to an activating group) is 1. The average molecular weight is 452 g/mol. The summed E-state index contributed by atoms with van der Waals surface area (Å²) in [4.78, 5) is 28.7. The molecular weight excluding hydrogens is 422 g/mol. The van der Waals surface area contributed by atoms with E-state index in [2.05, 4.69) is 10.2 Å². The van der Waals surface area contributed by atoms with E-state index in [1.165, 1.54) is 12.1 Å². The van der Waals surface area contributed by atoms with Crippen LogP contribution in [0.25, 0.3) is 11.0 Å². The van der Waals surface area contributed by atoms with Gasteiger partial charge in [0.05, 0.1) is 19.8 Å². The molecule has 174 valence electrons. The average Bonchev–Trinajstić information content (AvgIpc) is 2.79. The van der Waals surface area contributed by atoms with E-state index >= 15 is 0 Å². The van der Waals surface area contributed by atoms with Gasteiger partial charge in [0.25, 0.3) is 0 Å². The minimum absolute atomic E-state index is 0.109. The van der Waals surface area contributed by atoms with E-state index in [-0.39, 0.29) is 18.2 Å². The van der Waals surface area contributed by atoms with Crippen LogP contribution in [-0.4, -0.2) is 55.8 Å². The predicted molar refractivity (Wildman–Crippen MR) is 128 cm³/mol. The lowest BCUT2D eigenvalue weighted by Gasteiger charge is -2.28. The molecule has 1 aliphatic rings. The van der Waals surface area contributed by atoms with Crippen LogP contribution < -0.4 is 15.8 Å². The SMILES string of the molecule is CCc1cc2c(CN(C)CC(=O)Nc3ccc(N4CCOCC4)cc3)cc(=O)oc2cc1O. The third kappa shape index (κ3) is 5.53. The molecule has 33 heavy (non-hydrogen) atoms. The first-order valence-corrected chi connectivity index (χ1v) is 11.1. The summed E-state index contributed by atoms with van der Waals surface area (Å²) in [5, 5.41) is 13.8. The lowest BCUT2D eigenvalue weighted by atomic mass is 10.0. The molecular formula is C25H29N3O5. The van der Waals surface area contributed by atoms with Crippen LogP contribution in [0.1, 0.15) is 18.1 Å². The van der Waals surface area contributed by atoms with E-state index in [9.17, 15) is 14.7 Å². The van der Waals surface area contributed by atoms with Gasteiger partial charge in [-0.1, -0.05) is 6.92 Å². The summed E-state index contributed by atoms with van der Waals surface area (Å²) in [6.45, 7) is 5.67. The first kappa shape index (κ1) is 22.8. The van der Waals surface area contributed by atoms with Crippen LogP contribution in [0.5, 0.6) is 5.75 Å². The summed E-state index contributed by atoms with van der Waals surface area (Å²) in [6, 6.07) is 12.6. The van der Waals surface area contributed by atoms with Gasteiger partial charge in [0.1, 0.15) is 11.3 Å². The van der Waals surface area contributed by atoms with Crippen molar-refractivity contribution in [3.05, 3.63) is 64.0 Å². The van der Waals surface area contributed by atoms with Gasteiger partial charge in [-0.3, -0.25) is 9.69 Å². The second kappa shape index (κ2) is 10.1. The maximum atomic E-state index is 12.6. The summed E-state index contributed by atoms with van der Waals surface area (Å²) >= 11 is 0. The minimum Gasteiger partial charge on any atom is -0.508 e. The maximum Gasteiger partial charge on any atom is 0.336 e. The topological polar surface area (TPSA) is 95.3 Å². The van der Waals surface area contributed by atoms with E-state index in [4.69, 9.17) is 9.15 Å². The molecule has 0 unspecified atom stereocenters. The predicted octanol–water partition coefficient (Wildman–Crippen LogP) is 2.97. The van der Waals surface area contributed by atoms with E-state index in [0.717, 1.165) is 54.2 Å². The molecule has 2 aromatic carbocycles. The van der Waals surface area contributed by atoms with Crippen molar-refractivity contribution < 1.29 is 19.1 Å². The van der Waals surface area contributed by atoms with Gasteiger partial charge in [-0.05, 0) is 54.9 Å². The number of carbonyl (C=O) groups is 1. The molecule has 8 heteroatoms. The molecule has 0 saturated carbocycles. The molecule has 2 heterocycles. The van der Waals surface area contributed by atoms with Gasteiger partial charge in [-0.2, -0.15) is 0 Å². The van der Waals surface area contributed by atoms with Crippen molar-refractivity contribution in [1.82, 2.24) is 4.90 Å². The van der Waals surface area contributed by atoms with Crippen molar-refractivity contribution in [1.29, 1.82) is 0 Å². The molecule has 2 N–H and O–H groups in total. The molecule has 3 aromatic rings. The first-order valence-electron chi connectivity index (χ1n) is 11.1. The number of phenols is 1. The molecule has 0 spiro atoms. The third-order valence-corrected chi connectivity index (χ3v) is 5.79. The molecule has 0 bridgehead atoms. The standard InChI is InChI=1S/C25H29N3O5/c1-3-17-12-21-18(13-25(31)33-23(21)14-22(17)29)15-27(2)16-24(30)26-19-4-6-20(7-5-19)28-8-10-32-11-9-28/h4-7,12-14,29H,3,8-11,15-16H2,1-2H3,(H,26,30). The van der Waals surface area contributed by atoms with E-state index in [0.29, 0.717) is 18.5 Å². The number of aromatic hydroxyl groups is 1. The molecule has 8 nitrogen and oxygen atoms in total. The fraction of sp³-hybridized carbons (Fsp3) is 0.360. The zero-order chi connectivity index (χ0) is 23.4. The highest BCUT2D eigenvalue weighted by atomic mass is 16.5. The molecule has 1 fully saturated rings. The summed E-state index contributed by atoms with van der Waals surface area (Å²) in [5.74, 6) is -0.0338. The molecule has 0 radical (unpaired) electrons. The zero-order valence-corrected chi connectivity index (χ0v) is 19.0. The fourth-order valence-electron chi connectivity index (χ4n) is 4.09. The minimum atomic E-state index is -0.487. The molecule has 0 aliphatic carbocycles.